The second-order valence-electron chi connectivity index (χ2n) is 11.1. The number of fused-ring (bicyclic) bond motifs is 9. The highest BCUT2D eigenvalue weighted by Crippen LogP contribution is 2.63. The van der Waals surface area contributed by atoms with Crippen LogP contribution in [0.15, 0.2) is 146 Å². The first-order valence-corrected chi connectivity index (χ1v) is 14.6. The highest BCUT2D eigenvalue weighted by molar-refractivity contribution is 5.90. The molecule has 0 fully saturated rings. The Bertz CT molecular complexity index is 1920. The largest absolute Gasteiger partial charge is 0.456 e. The van der Waals surface area contributed by atoms with Crippen molar-refractivity contribution in [1.29, 1.82) is 0 Å². The maximum Gasteiger partial charge on any atom is 0.140 e. The summed E-state index contributed by atoms with van der Waals surface area (Å²) in [6, 6.07) is 50.3. The molecule has 0 amide bonds. The van der Waals surface area contributed by atoms with Crippen molar-refractivity contribution in [2.24, 2.45) is 11.5 Å². The summed E-state index contributed by atoms with van der Waals surface area (Å²) in [5, 5.41) is 0. The smallest absolute Gasteiger partial charge is 0.140 e. The van der Waals surface area contributed by atoms with Gasteiger partial charge in [0.2, 0.25) is 0 Å². The van der Waals surface area contributed by atoms with Crippen LogP contribution in [0.4, 0.5) is 0 Å². The Balaban J connectivity index is 1.24. The summed E-state index contributed by atoms with van der Waals surface area (Å²) in [6.07, 6.45) is -1.27. The van der Waals surface area contributed by atoms with Crippen LogP contribution in [0.1, 0.15) is 45.8 Å². The van der Waals surface area contributed by atoms with Crippen LogP contribution in [0, 0.1) is 0 Å². The molecule has 4 nitrogen and oxygen atoms in total. The average Bonchev–Trinajstić information content (AvgIpc) is 3.36. The molecule has 1 spiro atoms. The normalized spacial score (nSPS) is 15.0. The minimum absolute atomic E-state index is 0.489. The lowest BCUT2D eigenvalue weighted by Crippen LogP contribution is -2.32. The number of para-hydroxylation sites is 2. The van der Waals surface area contributed by atoms with Crippen LogP contribution in [0.25, 0.3) is 22.3 Å². The Labute approximate surface area is 251 Å². The van der Waals surface area contributed by atoms with Crippen molar-refractivity contribution in [3.8, 4) is 33.8 Å². The van der Waals surface area contributed by atoms with Crippen LogP contribution in [-0.4, -0.2) is 0 Å². The minimum Gasteiger partial charge on any atom is -0.456 e. The van der Waals surface area contributed by atoms with Gasteiger partial charge in [-0.05, 0) is 45.0 Å². The van der Waals surface area contributed by atoms with Crippen LogP contribution < -0.4 is 16.2 Å². The highest BCUT2D eigenvalue weighted by atomic mass is 16.5. The van der Waals surface area contributed by atoms with Gasteiger partial charge in [-0.25, -0.2) is 0 Å². The molecule has 1 aliphatic heterocycles. The van der Waals surface area contributed by atoms with Crippen LogP contribution in [0.3, 0.4) is 0 Å². The number of rotatable bonds is 5. The molecule has 0 bridgehead atoms. The molecule has 1 aliphatic carbocycles. The molecule has 208 valence electrons. The Hall–Kier alpha value is -5.00. The molecule has 6 aromatic carbocycles. The molecule has 2 atom stereocenters. The summed E-state index contributed by atoms with van der Waals surface area (Å²) in [5.41, 5.74) is 23.4. The van der Waals surface area contributed by atoms with E-state index in [1.165, 1.54) is 22.3 Å². The van der Waals surface area contributed by atoms with Gasteiger partial charge in [0, 0.05) is 16.7 Å². The monoisotopic (exact) mass is 558 g/mol. The Morgan fingerprint density at radius 3 is 1.65 bits per heavy atom. The zero-order valence-corrected chi connectivity index (χ0v) is 23.5. The number of benzene rings is 6. The molecule has 2 unspecified atom stereocenters. The van der Waals surface area contributed by atoms with Gasteiger partial charge in [-0.2, -0.15) is 0 Å². The van der Waals surface area contributed by atoms with E-state index in [2.05, 4.69) is 97.1 Å². The molecule has 4 heteroatoms. The molecule has 0 saturated heterocycles. The van der Waals surface area contributed by atoms with Crippen molar-refractivity contribution < 1.29 is 9.47 Å². The van der Waals surface area contributed by atoms with Crippen molar-refractivity contribution in [3.63, 3.8) is 0 Å². The maximum atomic E-state index is 6.79. The Kier molecular flexibility index (Phi) is 6.02. The first kappa shape index (κ1) is 25.7. The second kappa shape index (κ2) is 10.1. The van der Waals surface area contributed by atoms with Gasteiger partial charge in [-0.3, -0.25) is 0 Å². The van der Waals surface area contributed by atoms with E-state index in [1.807, 2.05) is 48.5 Å². The van der Waals surface area contributed by atoms with Crippen molar-refractivity contribution in [1.82, 2.24) is 0 Å². The van der Waals surface area contributed by atoms with Gasteiger partial charge < -0.3 is 20.9 Å². The lowest BCUT2D eigenvalue weighted by Gasteiger charge is -2.40. The van der Waals surface area contributed by atoms with Crippen LogP contribution in [0.2, 0.25) is 0 Å². The number of hydrogen-bond acceptors (Lipinski definition) is 4. The van der Waals surface area contributed by atoms with E-state index in [0.717, 1.165) is 44.9 Å². The molecule has 8 rings (SSSR count). The molecular formula is C39H30N2O2. The van der Waals surface area contributed by atoms with Gasteiger partial charge in [0.25, 0.3) is 0 Å². The summed E-state index contributed by atoms with van der Waals surface area (Å²) in [5.74, 6) is 1.74. The van der Waals surface area contributed by atoms with E-state index in [-0.39, 0.29) is 0 Å². The van der Waals surface area contributed by atoms with Gasteiger partial charge in [0.15, 0.2) is 0 Å². The summed E-state index contributed by atoms with van der Waals surface area (Å²) in [7, 11) is 0. The van der Waals surface area contributed by atoms with Crippen LogP contribution >= 0.6 is 0 Å². The molecule has 4 N–H and O–H groups in total. The average molecular weight is 559 g/mol. The number of nitrogens with two attached hydrogens (primary N) is 2. The predicted octanol–water partition coefficient (Wildman–Crippen LogP) is 8.45. The third-order valence-electron chi connectivity index (χ3n) is 8.85. The zero-order valence-electron chi connectivity index (χ0n) is 23.5. The van der Waals surface area contributed by atoms with Crippen molar-refractivity contribution in [2.75, 3.05) is 0 Å². The van der Waals surface area contributed by atoms with Crippen molar-refractivity contribution in [3.05, 3.63) is 179 Å². The zero-order chi connectivity index (χ0) is 29.0. The van der Waals surface area contributed by atoms with E-state index >= 15 is 0 Å². The summed E-state index contributed by atoms with van der Waals surface area (Å²) >= 11 is 0. The quantitative estimate of drug-likeness (QED) is 0.208. The molecule has 2 aliphatic rings. The third-order valence-corrected chi connectivity index (χ3v) is 8.85. The highest BCUT2D eigenvalue weighted by Gasteiger charge is 2.51. The van der Waals surface area contributed by atoms with Crippen molar-refractivity contribution >= 4 is 0 Å². The fraction of sp³-hybridized carbons (Fsp3) is 0.0769. The van der Waals surface area contributed by atoms with Gasteiger partial charge in [0.1, 0.15) is 24.0 Å². The fourth-order valence-electron chi connectivity index (χ4n) is 6.92. The minimum atomic E-state index is -0.660. The topological polar surface area (TPSA) is 70.5 Å². The second-order valence-corrected chi connectivity index (χ2v) is 11.1. The molecule has 0 saturated carbocycles. The molecule has 0 radical (unpaired) electrons. The summed E-state index contributed by atoms with van der Waals surface area (Å²) < 4.78 is 12.8. The number of hydrogen-bond donors (Lipinski definition) is 2. The van der Waals surface area contributed by atoms with Crippen LogP contribution in [0.5, 0.6) is 11.5 Å². The molecule has 43 heavy (non-hydrogen) atoms. The summed E-state index contributed by atoms with van der Waals surface area (Å²) in [6.45, 7) is 0. The molecule has 1 heterocycles. The Morgan fingerprint density at radius 1 is 0.465 bits per heavy atom. The van der Waals surface area contributed by atoms with E-state index in [1.54, 1.807) is 0 Å². The lowest BCUT2D eigenvalue weighted by molar-refractivity contribution is -0.00830. The lowest BCUT2D eigenvalue weighted by atomic mass is 9.65. The van der Waals surface area contributed by atoms with Gasteiger partial charge in [-0.15, -0.1) is 0 Å². The molecule has 6 aromatic rings. The fourth-order valence-corrected chi connectivity index (χ4v) is 6.92. The van der Waals surface area contributed by atoms with E-state index in [9.17, 15) is 0 Å². The molecule has 0 aromatic heterocycles. The van der Waals surface area contributed by atoms with Crippen molar-refractivity contribution in [2.45, 2.75) is 17.9 Å². The predicted molar refractivity (Wildman–Crippen MR) is 171 cm³/mol. The van der Waals surface area contributed by atoms with Crippen LogP contribution in [-0.2, 0) is 10.2 Å². The third kappa shape index (κ3) is 3.89. The Morgan fingerprint density at radius 2 is 0.977 bits per heavy atom. The van der Waals surface area contributed by atoms with E-state index < -0.39 is 17.9 Å². The maximum absolute atomic E-state index is 6.79. The first-order valence-electron chi connectivity index (χ1n) is 14.6. The van der Waals surface area contributed by atoms with Gasteiger partial charge in [-0.1, -0.05) is 140 Å². The standard InChI is InChI=1S/C39H30N2O2/c40-37(26-11-2-1-3-12-26)43-38(41)27-23-21-25(22-24-27)28-15-10-19-34-36(28)42-35-20-9-8-18-33(35)39(34)31-16-6-4-13-29(31)30-14-5-7-17-32(30)39/h1-24,37-38H,40-41H2. The summed E-state index contributed by atoms with van der Waals surface area (Å²) in [4.78, 5) is 0. The van der Waals surface area contributed by atoms with Gasteiger partial charge >= 0.3 is 0 Å². The molecular weight excluding hydrogens is 528 g/mol. The number of ether oxygens (including phenoxy) is 2. The SMILES string of the molecule is NC(OC(N)c1ccc(-c2cccc3c2Oc2ccccc2C32c3ccccc3-c3ccccc32)cc1)c1ccccc1. The van der Waals surface area contributed by atoms with Gasteiger partial charge in [0.05, 0.1) is 5.41 Å². The van der Waals surface area contributed by atoms with E-state index in [0.29, 0.717) is 0 Å². The van der Waals surface area contributed by atoms with E-state index in [4.69, 9.17) is 20.9 Å². The first-order chi connectivity index (χ1) is 21.2.